The third-order valence-electron chi connectivity index (χ3n) is 18.3. The Morgan fingerprint density at radius 1 is 0.380 bits per heavy atom. The van der Waals surface area contributed by atoms with Crippen LogP contribution in [0.1, 0.15) is 86.6 Å². The summed E-state index contributed by atoms with van der Waals surface area (Å²) in [5.41, 5.74) is 6.33. The summed E-state index contributed by atoms with van der Waals surface area (Å²) in [5, 5.41) is 25.5. The van der Waals surface area contributed by atoms with Gasteiger partial charge in [0.15, 0.2) is 5.43 Å². The molecule has 0 unspecified atom stereocenters. The highest BCUT2D eigenvalue weighted by Crippen LogP contribution is 2.40. The summed E-state index contributed by atoms with van der Waals surface area (Å²) in [6, 6.07) is 62.6. The number of phenols is 1. The molecule has 0 spiro atoms. The van der Waals surface area contributed by atoms with Gasteiger partial charge in [0.25, 0.3) is 5.91 Å². The van der Waals surface area contributed by atoms with E-state index < -0.39 is 70.6 Å². The lowest BCUT2D eigenvalue weighted by Crippen LogP contribution is -2.29. The molecule has 6 heterocycles. The fourth-order valence-electron chi connectivity index (χ4n) is 11.9. The summed E-state index contributed by atoms with van der Waals surface area (Å²) >= 11 is 16.0. The minimum atomic E-state index is -4.41. The van der Waals surface area contributed by atoms with Crippen molar-refractivity contribution in [3.05, 3.63) is 377 Å². The van der Waals surface area contributed by atoms with Crippen LogP contribution in [0.2, 0.25) is 5.02 Å². The molecule has 137 heavy (non-hydrogen) atoms. The minimum Gasteiger partial charge on any atom is -0.508 e. The first-order valence-electron chi connectivity index (χ1n) is 40.0. The molecule has 0 saturated carbocycles. The van der Waals surface area contributed by atoms with E-state index in [0.717, 1.165) is 124 Å². The van der Waals surface area contributed by atoms with Gasteiger partial charge in [-0.3, -0.25) is 34.5 Å². The lowest BCUT2D eigenvalue weighted by Gasteiger charge is -2.12. The molecular formula is C99H73Br3ClF15N8O11. The van der Waals surface area contributed by atoms with Gasteiger partial charge in [-0.15, -0.1) is 0 Å². The second-order valence-corrected chi connectivity index (χ2v) is 32.4. The third-order valence-corrected chi connectivity index (χ3v) is 20.1. The van der Waals surface area contributed by atoms with E-state index in [1.807, 2.05) is 76.2 Å². The largest absolute Gasteiger partial charge is 0.508 e. The number of nitrogens with zero attached hydrogens (tertiary/aromatic N) is 5. The number of carbonyl (C=O) groups excluding carboxylic acids is 2. The van der Waals surface area contributed by atoms with E-state index in [2.05, 4.69) is 87.7 Å². The number of methoxy groups -OCH3 is 1. The van der Waals surface area contributed by atoms with Gasteiger partial charge >= 0.3 is 42.8 Å². The van der Waals surface area contributed by atoms with Gasteiger partial charge in [0.2, 0.25) is 0 Å². The molecule has 0 saturated heterocycles. The number of nitrogens with two attached hydrogens (primary N) is 1. The molecule has 1 amide bonds. The number of phenolic OH excluding ortho intramolecular Hbond substituents is 1. The number of esters is 1. The number of nitrogens with one attached hydrogen (secondary N) is 2. The highest BCUT2D eigenvalue weighted by atomic mass is 79.9. The average Bonchev–Trinajstić information content (AvgIpc) is 0.800. The summed E-state index contributed by atoms with van der Waals surface area (Å²) in [6.07, 6.45) is -12.5. The van der Waals surface area contributed by atoms with Crippen molar-refractivity contribution in [1.29, 1.82) is 0 Å². The zero-order valence-corrected chi connectivity index (χ0v) is 77.1. The Morgan fingerprint density at radius 2 is 0.664 bits per heavy atom. The molecule has 0 radical (unpaired) electrons. The first-order valence-corrected chi connectivity index (χ1v) is 42.8. The molecule has 38 heteroatoms. The zero-order valence-electron chi connectivity index (χ0n) is 71.6. The highest BCUT2D eigenvalue weighted by Gasteiger charge is 2.34. The van der Waals surface area contributed by atoms with Gasteiger partial charge in [-0.25, -0.2) is 9.59 Å². The predicted octanol–water partition coefficient (Wildman–Crippen LogP) is 29.3. The fraction of sp³-hybridized carbons (Fsp3) is 0.121. The number of hydrogen-bond acceptors (Lipinski definition) is 16. The second-order valence-electron chi connectivity index (χ2n) is 29.3. The lowest BCUT2D eigenvalue weighted by molar-refractivity contribution is -0.138. The smallest absolute Gasteiger partial charge is 0.416 e. The summed E-state index contributed by atoms with van der Waals surface area (Å²) in [7, 11) is 1.28. The van der Waals surface area contributed by atoms with E-state index in [-0.39, 0.29) is 45.9 Å². The van der Waals surface area contributed by atoms with Gasteiger partial charge < -0.3 is 49.9 Å². The number of aromatic hydroxyl groups is 1. The van der Waals surface area contributed by atoms with Crippen molar-refractivity contribution < 1.29 is 114 Å². The van der Waals surface area contributed by atoms with E-state index in [0.29, 0.717) is 78.6 Å². The number of aromatic amines is 1. The summed E-state index contributed by atoms with van der Waals surface area (Å²) in [4.78, 5) is 69.9. The summed E-state index contributed by atoms with van der Waals surface area (Å²) < 4.78 is 217. The minimum absolute atomic E-state index is 0.00972. The number of fused-ring (bicyclic) bond motifs is 6. The monoisotopic (exact) mass is 2110 g/mol. The number of alkyl halides is 15. The van der Waals surface area contributed by atoms with E-state index in [1.165, 1.54) is 92.4 Å². The van der Waals surface area contributed by atoms with Crippen molar-refractivity contribution in [3.63, 3.8) is 0 Å². The van der Waals surface area contributed by atoms with Crippen molar-refractivity contribution in [2.75, 3.05) is 7.11 Å². The molecule has 19 nitrogen and oxygen atoms in total. The fourth-order valence-corrected chi connectivity index (χ4v) is 13.2. The maximum absolute atomic E-state index is 12.7. The van der Waals surface area contributed by atoms with E-state index >= 15 is 0 Å². The van der Waals surface area contributed by atoms with Crippen molar-refractivity contribution in [1.82, 2.24) is 35.2 Å². The van der Waals surface area contributed by atoms with E-state index in [9.17, 15) is 85.0 Å². The first-order chi connectivity index (χ1) is 64.7. The number of carboxylic acids is 1. The Kier molecular flexibility index (Phi) is 35.8. The molecule has 0 aliphatic carbocycles. The van der Waals surface area contributed by atoms with Crippen LogP contribution in [0.5, 0.6) is 51.7 Å². The average molecular weight is 2110 g/mol. The standard InChI is InChI=1S/C20H17F3N2O2.C18H12F3NO3.C17H10F3NO3.C16H9BrF3NO.C9H5BrClN.C9H6BrNO.C7H5F3O.C3H9N/c1-12(2)25-19(26)13-3-8-16-17(11-13)24-10-9-18(16)27-15-6-4-14(5-7-15)20(21,22)23;1-24-17(23)11-2-7-14-15(10-11)22-9-8-16(14)25-13-5-3-12(4-6-13)18(19,20)21;18-17(19,20)11-2-4-12(5-3-11)24-15-7-8-21-14-9-10(16(22)23)1-6-13(14)15;17-11-3-6-13-14(9-11)21-8-7-15(13)22-12-4-1-10(2-5-12)16(18,19)20;10-6-1-2-7-8(11)3-4-12-9(7)5-6;10-6-1-2-7-8(5-6)11-4-3-9(7)12;8-7(9,10)5-1-3-6(11)4-2-5;1-3(2)4/h3-12H,1-2H3,(H,25,26);2-10H,1H3;1-9H,(H,22,23);1-9H;1-5H;1-5H,(H,11,12);1-4,11H;3H,4H2,1-2H3. The molecule has 0 aliphatic rings. The number of hydrogen-bond donors (Lipinski definition) is 5. The van der Waals surface area contributed by atoms with Crippen molar-refractivity contribution in [2.24, 2.45) is 5.73 Å². The zero-order chi connectivity index (χ0) is 99.9. The molecule has 6 aromatic heterocycles. The Balaban J connectivity index is 0.000000167. The number of benzene rings is 11. The van der Waals surface area contributed by atoms with Crippen LogP contribution in [0, 0.1) is 0 Å². The topological polar surface area (TPSA) is 273 Å². The van der Waals surface area contributed by atoms with Crippen LogP contribution >= 0.6 is 59.4 Å². The second kappa shape index (κ2) is 46.8. The third kappa shape index (κ3) is 30.9. The van der Waals surface area contributed by atoms with Crippen LogP contribution in [0.15, 0.2) is 322 Å². The van der Waals surface area contributed by atoms with E-state index in [4.69, 9.17) is 46.5 Å². The van der Waals surface area contributed by atoms with Gasteiger partial charge in [0.1, 0.15) is 51.7 Å². The summed E-state index contributed by atoms with van der Waals surface area (Å²) in [6.45, 7) is 7.63. The van der Waals surface area contributed by atoms with Gasteiger partial charge in [-0.2, -0.15) is 65.9 Å². The van der Waals surface area contributed by atoms with Crippen LogP contribution in [-0.4, -0.2) is 77.2 Å². The number of amides is 1. The number of H-pyrrole nitrogens is 1. The molecule has 17 aromatic rings. The SMILES string of the molecule is CC(C)N.CC(C)NC(=O)c1ccc2c(Oc3ccc(C(F)(F)F)cc3)ccnc2c1.COC(=O)c1ccc2c(Oc3ccc(C(F)(F)F)cc3)ccnc2c1.Clc1ccnc2cc(Br)ccc12.FC(F)(F)c1ccc(Oc2ccnc3cc(Br)ccc23)cc1.O=C(O)c1ccc2c(Oc3ccc(C(F)(F)F)cc3)ccnc2c1.O=c1cc[nH]c2cc(Br)ccc12.Oc1ccc(C(F)(F)F)cc1. The van der Waals surface area contributed by atoms with Crippen molar-refractivity contribution in [3.8, 4) is 51.7 Å². The quantitative estimate of drug-likeness (QED) is 0.0562. The van der Waals surface area contributed by atoms with Crippen LogP contribution < -0.4 is 35.4 Å². The van der Waals surface area contributed by atoms with Gasteiger partial charge in [-0.05, 0) is 275 Å². The molecule has 11 aromatic carbocycles. The number of pyridine rings is 6. The molecule has 17 rings (SSSR count). The maximum atomic E-state index is 12.7. The number of aromatic nitrogens is 6. The number of ether oxygens (including phenoxy) is 5. The van der Waals surface area contributed by atoms with Crippen LogP contribution in [0.3, 0.4) is 0 Å². The number of rotatable bonds is 12. The highest BCUT2D eigenvalue weighted by molar-refractivity contribution is 9.11. The number of halogens is 19. The number of aromatic carboxylic acids is 1. The van der Waals surface area contributed by atoms with Gasteiger partial charge in [-0.1, -0.05) is 79.3 Å². The Morgan fingerprint density at radius 3 is 1.01 bits per heavy atom. The van der Waals surface area contributed by atoms with E-state index in [1.54, 1.807) is 97.5 Å². The molecule has 708 valence electrons. The lowest BCUT2D eigenvalue weighted by atomic mass is 10.1. The number of carboxylic acid groups (broad SMARTS) is 1. The van der Waals surface area contributed by atoms with Gasteiger partial charge in [0.05, 0.1) is 84.2 Å². The molecule has 0 bridgehead atoms. The van der Waals surface area contributed by atoms with Crippen molar-refractivity contribution in [2.45, 2.75) is 70.7 Å². The van der Waals surface area contributed by atoms with Crippen molar-refractivity contribution >= 4 is 143 Å². The normalized spacial score (nSPS) is 11.3. The number of carbonyl (C=O) groups is 3. The molecule has 0 aliphatic heterocycles. The molecule has 0 fully saturated rings. The van der Waals surface area contributed by atoms with Crippen LogP contribution in [-0.2, 0) is 35.6 Å². The predicted molar refractivity (Wildman–Crippen MR) is 501 cm³/mol. The molecule has 0 atom stereocenters. The molecule has 6 N–H and O–H groups in total. The summed E-state index contributed by atoms with van der Waals surface area (Å²) in [5.74, 6) is 0.938. The maximum Gasteiger partial charge on any atom is 0.416 e. The molecular weight excluding hydrogens is 2040 g/mol. The van der Waals surface area contributed by atoms with Crippen LogP contribution in [0.4, 0.5) is 65.9 Å². The first kappa shape index (κ1) is 105. The van der Waals surface area contributed by atoms with Crippen LogP contribution in [0.25, 0.3) is 65.4 Å². The Hall–Kier alpha value is -14.3. The Bertz CT molecular complexity index is 7110. The van der Waals surface area contributed by atoms with Gasteiger partial charge in [0, 0.05) is 101 Å². The Labute approximate surface area is 799 Å².